The molecule has 0 aliphatic carbocycles. The van der Waals surface area contributed by atoms with Crippen molar-refractivity contribution in [2.75, 3.05) is 24.9 Å². The van der Waals surface area contributed by atoms with E-state index in [4.69, 9.17) is 21.1 Å². The molecule has 0 spiro atoms. The Hall–Kier alpha value is -3.71. The molecule has 0 bridgehead atoms. The first-order valence-corrected chi connectivity index (χ1v) is 9.68. The van der Waals surface area contributed by atoms with Gasteiger partial charge in [0.1, 0.15) is 6.61 Å². The Bertz CT molecular complexity index is 1070. The lowest BCUT2D eigenvalue weighted by atomic mass is 10.1. The average Bonchev–Trinajstić information content (AvgIpc) is 2.79. The van der Waals surface area contributed by atoms with Crippen LogP contribution in [0, 0.1) is 0 Å². The van der Waals surface area contributed by atoms with E-state index >= 15 is 0 Å². The van der Waals surface area contributed by atoms with E-state index in [2.05, 4.69) is 15.4 Å². The van der Waals surface area contributed by atoms with Gasteiger partial charge in [-0.1, -0.05) is 29.8 Å². The maximum Gasteiger partial charge on any atom is 0.411 e. The summed E-state index contributed by atoms with van der Waals surface area (Å²) in [5.41, 5.74) is 2.36. The van der Waals surface area contributed by atoms with Crippen LogP contribution in [0.3, 0.4) is 0 Å². The predicted molar refractivity (Wildman–Crippen MR) is 119 cm³/mol. The fourth-order valence-electron chi connectivity index (χ4n) is 2.71. The number of anilines is 2. The summed E-state index contributed by atoms with van der Waals surface area (Å²) >= 11 is 6.16. The second-order valence-corrected chi connectivity index (χ2v) is 6.80. The van der Waals surface area contributed by atoms with Gasteiger partial charge in [-0.2, -0.15) is 0 Å². The second kappa shape index (κ2) is 10.4. The molecule has 3 rings (SSSR count). The lowest BCUT2D eigenvalue weighted by molar-refractivity contribution is 0.102. The summed E-state index contributed by atoms with van der Waals surface area (Å²) in [5, 5.41) is 5.95. The minimum atomic E-state index is -0.569. The molecular formula is C23H21ClN2O5. The summed E-state index contributed by atoms with van der Waals surface area (Å²) in [5.74, 6) is 0.610. The van der Waals surface area contributed by atoms with Crippen LogP contribution in [0.15, 0.2) is 66.7 Å². The van der Waals surface area contributed by atoms with Gasteiger partial charge in [-0.25, -0.2) is 4.79 Å². The smallest absolute Gasteiger partial charge is 0.411 e. The van der Waals surface area contributed by atoms with Gasteiger partial charge in [0.05, 0.1) is 14.2 Å². The highest BCUT2D eigenvalue weighted by atomic mass is 35.5. The standard InChI is InChI=1S/C23H21ClN2O5/c1-29-21-13-15(7-12-20(21)31-14-16-5-3-4-6-19(16)24)22(27)25-17-8-10-18(11-9-17)26-23(28)30-2/h3-13H,14H2,1-2H3,(H,25,27)(H,26,28). The summed E-state index contributed by atoms with van der Waals surface area (Å²) in [6.07, 6.45) is -0.569. The third-order valence-corrected chi connectivity index (χ3v) is 4.71. The summed E-state index contributed by atoms with van der Waals surface area (Å²) in [6.45, 7) is 0.271. The van der Waals surface area contributed by atoms with Crippen molar-refractivity contribution in [1.29, 1.82) is 0 Å². The molecule has 0 aliphatic heterocycles. The van der Waals surface area contributed by atoms with Crippen molar-refractivity contribution in [3.8, 4) is 11.5 Å². The Balaban J connectivity index is 1.66. The second-order valence-electron chi connectivity index (χ2n) is 6.39. The van der Waals surface area contributed by atoms with Gasteiger partial charge in [0.15, 0.2) is 11.5 Å². The Morgan fingerprint density at radius 3 is 2.19 bits per heavy atom. The number of rotatable bonds is 7. The molecule has 0 aliphatic rings. The van der Waals surface area contributed by atoms with E-state index in [-0.39, 0.29) is 12.5 Å². The highest BCUT2D eigenvalue weighted by Gasteiger charge is 2.12. The van der Waals surface area contributed by atoms with Crippen molar-refractivity contribution in [2.45, 2.75) is 6.61 Å². The molecule has 2 N–H and O–H groups in total. The van der Waals surface area contributed by atoms with Crippen LogP contribution in [-0.4, -0.2) is 26.2 Å². The van der Waals surface area contributed by atoms with E-state index in [9.17, 15) is 9.59 Å². The molecule has 0 unspecified atom stereocenters. The number of hydrogen-bond acceptors (Lipinski definition) is 5. The molecule has 0 radical (unpaired) electrons. The Labute approximate surface area is 184 Å². The SMILES string of the molecule is COC(=O)Nc1ccc(NC(=O)c2ccc(OCc3ccccc3Cl)c(OC)c2)cc1. The number of methoxy groups -OCH3 is 2. The number of halogens is 1. The van der Waals surface area contributed by atoms with Crippen molar-refractivity contribution in [2.24, 2.45) is 0 Å². The first-order valence-electron chi connectivity index (χ1n) is 9.31. The van der Waals surface area contributed by atoms with Gasteiger partial charge in [-0.15, -0.1) is 0 Å². The van der Waals surface area contributed by atoms with Crippen LogP contribution >= 0.6 is 11.6 Å². The number of benzene rings is 3. The average molecular weight is 441 g/mol. The number of nitrogens with one attached hydrogen (secondary N) is 2. The molecule has 0 saturated carbocycles. The molecule has 8 heteroatoms. The first kappa shape index (κ1) is 22.0. The third-order valence-electron chi connectivity index (χ3n) is 4.34. The number of hydrogen-bond donors (Lipinski definition) is 2. The van der Waals surface area contributed by atoms with Crippen LogP contribution in [0.25, 0.3) is 0 Å². The van der Waals surface area contributed by atoms with E-state index in [1.807, 2.05) is 18.2 Å². The van der Waals surface area contributed by atoms with Crippen LogP contribution in [0.5, 0.6) is 11.5 Å². The fourth-order valence-corrected chi connectivity index (χ4v) is 2.90. The summed E-state index contributed by atoms with van der Waals surface area (Å²) in [6, 6.07) is 19.0. The molecule has 0 saturated heterocycles. The van der Waals surface area contributed by atoms with Crippen LogP contribution in [0.2, 0.25) is 5.02 Å². The minimum Gasteiger partial charge on any atom is -0.493 e. The summed E-state index contributed by atoms with van der Waals surface area (Å²) < 4.78 is 15.7. The largest absolute Gasteiger partial charge is 0.493 e. The van der Waals surface area contributed by atoms with Gasteiger partial charge in [0.2, 0.25) is 0 Å². The zero-order chi connectivity index (χ0) is 22.2. The molecule has 0 atom stereocenters. The van der Waals surface area contributed by atoms with Gasteiger partial charge in [-0.3, -0.25) is 10.1 Å². The van der Waals surface area contributed by atoms with Gasteiger partial charge < -0.3 is 19.5 Å². The lowest BCUT2D eigenvalue weighted by Gasteiger charge is -2.13. The monoisotopic (exact) mass is 440 g/mol. The maximum atomic E-state index is 12.6. The van der Waals surface area contributed by atoms with E-state index in [1.54, 1.807) is 48.5 Å². The quantitative estimate of drug-likeness (QED) is 0.516. The number of carbonyl (C=O) groups excluding carboxylic acids is 2. The minimum absolute atomic E-state index is 0.271. The Morgan fingerprint density at radius 2 is 1.55 bits per heavy atom. The molecule has 0 fully saturated rings. The number of carbonyl (C=O) groups is 2. The summed E-state index contributed by atoms with van der Waals surface area (Å²) in [7, 11) is 2.79. The molecule has 0 heterocycles. The topological polar surface area (TPSA) is 85.9 Å². The highest BCUT2D eigenvalue weighted by molar-refractivity contribution is 6.31. The zero-order valence-corrected chi connectivity index (χ0v) is 17.7. The fraction of sp³-hybridized carbons (Fsp3) is 0.130. The van der Waals surface area contributed by atoms with E-state index in [1.165, 1.54) is 14.2 Å². The molecular weight excluding hydrogens is 420 g/mol. The van der Waals surface area contributed by atoms with Crippen LogP contribution in [0.4, 0.5) is 16.2 Å². The van der Waals surface area contributed by atoms with Crippen molar-refractivity contribution in [3.63, 3.8) is 0 Å². The van der Waals surface area contributed by atoms with Crippen LogP contribution in [-0.2, 0) is 11.3 Å². The molecule has 31 heavy (non-hydrogen) atoms. The number of amides is 2. The van der Waals surface area contributed by atoms with Gasteiger partial charge >= 0.3 is 6.09 Å². The van der Waals surface area contributed by atoms with E-state index in [0.717, 1.165) is 5.56 Å². The van der Waals surface area contributed by atoms with Crippen molar-refractivity contribution in [1.82, 2.24) is 0 Å². The van der Waals surface area contributed by atoms with Crippen molar-refractivity contribution < 1.29 is 23.8 Å². The van der Waals surface area contributed by atoms with Gasteiger partial charge in [-0.05, 0) is 48.5 Å². The Morgan fingerprint density at radius 1 is 0.871 bits per heavy atom. The molecule has 3 aromatic carbocycles. The molecule has 3 aromatic rings. The van der Waals surface area contributed by atoms with Crippen molar-refractivity contribution in [3.05, 3.63) is 82.9 Å². The van der Waals surface area contributed by atoms with E-state index in [0.29, 0.717) is 33.5 Å². The molecule has 2 amide bonds. The Kier molecular flexibility index (Phi) is 7.35. The normalized spacial score (nSPS) is 10.2. The molecule has 7 nitrogen and oxygen atoms in total. The predicted octanol–water partition coefficient (Wildman–Crippen LogP) is 5.36. The number of ether oxygens (including phenoxy) is 3. The van der Waals surface area contributed by atoms with Crippen LogP contribution < -0.4 is 20.1 Å². The highest BCUT2D eigenvalue weighted by Crippen LogP contribution is 2.30. The maximum absolute atomic E-state index is 12.6. The lowest BCUT2D eigenvalue weighted by Crippen LogP contribution is -2.13. The van der Waals surface area contributed by atoms with Gasteiger partial charge in [0.25, 0.3) is 5.91 Å². The molecule has 0 aromatic heterocycles. The zero-order valence-electron chi connectivity index (χ0n) is 17.0. The van der Waals surface area contributed by atoms with Gasteiger partial charge in [0, 0.05) is 27.5 Å². The van der Waals surface area contributed by atoms with Crippen molar-refractivity contribution >= 4 is 35.0 Å². The third kappa shape index (κ3) is 5.90. The summed E-state index contributed by atoms with van der Waals surface area (Å²) in [4.78, 5) is 23.8. The van der Waals surface area contributed by atoms with Crippen LogP contribution in [0.1, 0.15) is 15.9 Å². The first-order chi connectivity index (χ1) is 15.0. The van der Waals surface area contributed by atoms with E-state index < -0.39 is 6.09 Å². The molecule has 160 valence electrons.